The molecule has 10 heteroatoms. The van der Waals surface area contributed by atoms with Gasteiger partial charge in [-0.2, -0.15) is 10.4 Å². The first-order chi connectivity index (χ1) is 17.7. The smallest absolute Gasteiger partial charge is 0.255 e. The summed E-state index contributed by atoms with van der Waals surface area (Å²) < 4.78 is 23.2. The van der Waals surface area contributed by atoms with Crippen LogP contribution in [0, 0.1) is 22.6 Å². The van der Waals surface area contributed by atoms with Gasteiger partial charge < -0.3 is 9.64 Å². The Morgan fingerprint density at radius 2 is 2.00 bits per heavy atom. The summed E-state index contributed by atoms with van der Waals surface area (Å²) in [7, 11) is 5.69. The van der Waals surface area contributed by atoms with Gasteiger partial charge in [-0.15, -0.1) is 0 Å². The molecule has 4 aromatic rings. The van der Waals surface area contributed by atoms with Gasteiger partial charge in [0.05, 0.1) is 22.7 Å². The molecule has 0 bridgehead atoms. The number of carbonyl (C=O) groups excluding carboxylic acids is 1. The monoisotopic (exact) mass is 491 g/mol. The molecule has 1 saturated carbocycles. The molecule has 0 N–H and O–H groups in total. The normalized spacial score (nSPS) is 17.0. The highest BCUT2D eigenvalue weighted by Gasteiger charge is 2.45. The summed E-state index contributed by atoms with van der Waals surface area (Å²) in [6.07, 6.45) is 5.26. The summed E-state index contributed by atoms with van der Waals surface area (Å²) in [6, 6.07) is 14.7. The van der Waals surface area contributed by atoms with E-state index >= 15 is 4.39 Å². The Balaban J connectivity index is 1.30. The molecule has 0 atom stereocenters. The van der Waals surface area contributed by atoms with Crippen molar-refractivity contribution < 1.29 is 13.9 Å². The first-order valence-electron chi connectivity index (χ1n) is 12.3. The molecule has 0 radical (unpaired) electrons. The quantitative estimate of drug-likeness (QED) is 0.388. The van der Waals surface area contributed by atoms with E-state index < -0.39 is 5.34 Å². The van der Waals surface area contributed by atoms with Crippen molar-refractivity contribution in [3.63, 3.8) is 0 Å². The van der Waals surface area contributed by atoms with E-state index in [0.717, 1.165) is 23.8 Å². The van der Waals surface area contributed by atoms with E-state index in [1.807, 2.05) is 47.1 Å². The fourth-order valence-corrected chi connectivity index (χ4v) is 5.09. The third-order valence-corrected chi connectivity index (χ3v) is 7.58. The van der Waals surface area contributed by atoms with E-state index in [1.54, 1.807) is 34.0 Å². The number of pyridine rings is 1. The third-order valence-electron chi connectivity index (χ3n) is 7.58. The summed E-state index contributed by atoms with van der Waals surface area (Å²) >= 11 is 0. The number of amides is 1. The molecule has 0 saturated heterocycles. The van der Waals surface area contributed by atoms with Gasteiger partial charge in [0.2, 0.25) is 0 Å². The van der Waals surface area contributed by atoms with Crippen LogP contribution in [0.1, 0.15) is 34.5 Å². The molecule has 2 aromatic carbocycles. The van der Waals surface area contributed by atoms with Crippen LogP contribution in [0.2, 0.25) is 0 Å². The SMILES string of the molecule is BC1(B)c2ncccc2C(=O)N1Cc1ccc(-c2ccc(OCC3(C#N)CC3)c3nn(C)cc23)cc1F. The van der Waals surface area contributed by atoms with Crippen LogP contribution in [-0.2, 0) is 18.9 Å². The lowest BCUT2D eigenvalue weighted by molar-refractivity contribution is 0.0729. The topological polar surface area (TPSA) is 84.0 Å². The Kier molecular flexibility index (Phi) is 5.16. The minimum Gasteiger partial charge on any atom is -0.490 e. The summed E-state index contributed by atoms with van der Waals surface area (Å²) in [5.41, 5.74) is 3.53. The van der Waals surface area contributed by atoms with Gasteiger partial charge in [0.15, 0.2) is 0 Å². The average Bonchev–Trinajstić information content (AvgIpc) is 3.52. The van der Waals surface area contributed by atoms with Gasteiger partial charge in [-0.1, -0.05) is 12.1 Å². The highest BCUT2D eigenvalue weighted by Crippen LogP contribution is 2.45. The van der Waals surface area contributed by atoms with Crippen molar-refractivity contribution in [2.24, 2.45) is 12.5 Å². The van der Waals surface area contributed by atoms with Gasteiger partial charge in [-0.25, -0.2) is 4.39 Å². The van der Waals surface area contributed by atoms with Crippen LogP contribution in [0.3, 0.4) is 0 Å². The van der Waals surface area contributed by atoms with Crippen LogP contribution in [0.25, 0.3) is 22.0 Å². The largest absolute Gasteiger partial charge is 0.490 e. The number of carbonyl (C=O) groups is 1. The Labute approximate surface area is 215 Å². The molecule has 182 valence electrons. The summed E-state index contributed by atoms with van der Waals surface area (Å²) in [6.45, 7) is 0.479. The molecule has 1 amide bonds. The van der Waals surface area contributed by atoms with Crippen molar-refractivity contribution in [3.8, 4) is 22.9 Å². The molecular weight excluding hydrogens is 467 g/mol. The molecular formula is C27H24B2FN5O2. The van der Waals surface area contributed by atoms with Crippen LogP contribution in [-0.4, -0.2) is 47.9 Å². The predicted molar refractivity (Wildman–Crippen MR) is 142 cm³/mol. The van der Waals surface area contributed by atoms with E-state index in [0.29, 0.717) is 40.3 Å². The molecule has 2 aliphatic rings. The number of hydrogen-bond acceptors (Lipinski definition) is 5. The van der Waals surface area contributed by atoms with Crippen LogP contribution >= 0.6 is 0 Å². The first-order valence-corrected chi connectivity index (χ1v) is 12.3. The molecule has 1 aliphatic carbocycles. The zero-order valence-electron chi connectivity index (χ0n) is 21.0. The number of aromatic nitrogens is 3. The Bertz CT molecular complexity index is 1620. The standard InChI is InChI=1S/C27H24B2FN5O2/c1-34-13-20-18(6-7-22(23(20)33-34)37-15-26(14-31)8-9-26)16-4-5-17(21(30)11-16)12-35-25(36)19-3-2-10-32-24(19)27(35,28)29/h2-7,10-11,13H,8-9,12,15,28-29H2,1H3. The Morgan fingerprint density at radius 1 is 1.19 bits per heavy atom. The number of benzene rings is 2. The van der Waals surface area contributed by atoms with Crippen molar-refractivity contribution in [3.05, 3.63) is 77.5 Å². The summed E-state index contributed by atoms with van der Waals surface area (Å²) in [5.74, 6) is 0.0848. The molecule has 7 nitrogen and oxygen atoms in total. The van der Waals surface area contributed by atoms with Gasteiger partial charge in [0.1, 0.15) is 39.4 Å². The first kappa shape index (κ1) is 23.3. The van der Waals surface area contributed by atoms with Crippen molar-refractivity contribution >= 4 is 32.5 Å². The van der Waals surface area contributed by atoms with Crippen LogP contribution < -0.4 is 4.74 Å². The minimum atomic E-state index is -0.638. The van der Waals surface area contributed by atoms with Crippen LogP contribution in [0.5, 0.6) is 5.75 Å². The number of aryl methyl sites for hydroxylation is 1. The molecule has 0 spiro atoms. The fraction of sp³-hybridized carbons (Fsp3) is 0.259. The molecule has 1 aliphatic heterocycles. The zero-order valence-corrected chi connectivity index (χ0v) is 21.0. The number of nitriles is 1. The second-order valence-corrected chi connectivity index (χ2v) is 10.5. The molecule has 37 heavy (non-hydrogen) atoms. The zero-order chi connectivity index (χ0) is 25.9. The van der Waals surface area contributed by atoms with Gasteiger partial charge in [-0.05, 0) is 54.3 Å². The van der Waals surface area contributed by atoms with E-state index in [9.17, 15) is 10.1 Å². The van der Waals surface area contributed by atoms with Crippen molar-refractivity contribution in [1.29, 1.82) is 5.26 Å². The van der Waals surface area contributed by atoms with Crippen molar-refractivity contribution in [2.45, 2.75) is 24.7 Å². The lowest BCUT2D eigenvalue weighted by atomic mass is 9.59. The maximum absolute atomic E-state index is 15.4. The number of ether oxygens (including phenoxy) is 1. The van der Waals surface area contributed by atoms with Gasteiger partial charge in [0.25, 0.3) is 5.91 Å². The van der Waals surface area contributed by atoms with Crippen molar-refractivity contribution in [1.82, 2.24) is 19.7 Å². The minimum absolute atomic E-state index is 0.143. The average molecular weight is 491 g/mol. The lowest BCUT2D eigenvalue weighted by Crippen LogP contribution is -2.44. The summed E-state index contributed by atoms with van der Waals surface area (Å²) in [5, 5.41) is 14.1. The fourth-order valence-electron chi connectivity index (χ4n) is 5.09. The van der Waals surface area contributed by atoms with Crippen LogP contribution in [0.15, 0.2) is 54.9 Å². The summed E-state index contributed by atoms with van der Waals surface area (Å²) in [4.78, 5) is 19.1. The number of rotatable bonds is 6. The van der Waals surface area contributed by atoms with Crippen molar-refractivity contribution in [2.75, 3.05) is 6.61 Å². The number of fused-ring (bicyclic) bond motifs is 2. The predicted octanol–water partition coefficient (Wildman–Crippen LogP) is 2.49. The molecule has 6 rings (SSSR count). The highest BCUT2D eigenvalue weighted by molar-refractivity contribution is 6.42. The second-order valence-electron chi connectivity index (χ2n) is 10.5. The lowest BCUT2D eigenvalue weighted by Gasteiger charge is -2.32. The number of nitrogens with zero attached hydrogens (tertiary/aromatic N) is 5. The van der Waals surface area contributed by atoms with Gasteiger partial charge in [-0.3, -0.25) is 14.5 Å². The second kappa shape index (κ2) is 8.20. The van der Waals surface area contributed by atoms with E-state index in [1.165, 1.54) is 6.07 Å². The Hall–Kier alpha value is -4.12. The molecule has 1 fully saturated rings. The van der Waals surface area contributed by atoms with E-state index in [4.69, 9.17) is 4.74 Å². The van der Waals surface area contributed by atoms with Gasteiger partial charge in [0, 0.05) is 42.3 Å². The number of hydrogen-bond donors (Lipinski definition) is 0. The molecule has 3 heterocycles. The van der Waals surface area contributed by atoms with E-state index in [-0.39, 0.29) is 23.7 Å². The maximum atomic E-state index is 15.4. The molecule has 2 aromatic heterocycles. The molecule has 0 unspecified atom stereocenters. The maximum Gasteiger partial charge on any atom is 0.255 e. The number of halogens is 1. The Morgan fingerprint density at radius 3 is 2.70 bits per heavy atom. The van der Waals surface area contributed by atoms with Crippen LogP contribution in [0.4, 0.5) is 4.39 Å². The third kappa shape index (κ3) is 3.77. The van der Waals surface area contributed by atoms with Gasteiger partial charge >= 0.3 is 0 Å². The highest BCUT2D eigenvalue weighted by atomic mass is 19.1. The van der Waals surface area contributed by atoms with E-state index in [2.05, 4.69) is 16.2 Å².